The molecule has 0 aromatic carbocycles. The predicted molar refractivity (Wildman–Crippen MR) is 67.6 cm³/mol. The van der Waals surface area contributed by atoms with Crippen LogP contribution in [0.2, 0.25) is 0 Å². The van der Waals surface area contributed by atoms with E-state index in [0.29, 0.717) is 13.0 Å². The van der Waals surface area contributed by atoms with E-state index in [-0.39, 0.29) is 32.0 Å². The number of carbonyl (C=O) groups is 2. The Bertz CT molecular complexity index is 427. The Kier molecular flexibility index (Phi) is 4.34. The van der Waals surface area contributed by atoms with Crippen LogP contribution >= 0.6 is 0 Å². The lowest BCUT2D eigenvalue weighted by molar-refractivity contribution is -0.184. The van der Waals surface area contributed by atoms with Gasteiger partial charge in [0.2, 0.25) is 0 Å². The number of piperidine rings is 1. The number of hydrogen-bond donors (Lipinski definition) is 1. The molecule has 2 fully saturated rings. The molecule has 0 saturated carbocycles. The average molecular weight is 308 g/mol. The van der Waals surface area contributed by atoms with Crippen molar-refractivity contribution in [3.8, 4) is 0 Å². The summed E-state index contributed by atoms with van der Waals surface area (Å²) in [4.78, 5) is 25.9. The summed E-state index contributed by atoms with van der Waals surface area (Å²) in [5, 5.41) is 9.04. The normalized spacial score (nSPS) is 30.6. The van der Waals surface area contributed by atoms with Gasteiger partial charge in [-0.05, 0) is 18.8 Å². The fourth-order valence-corrected chi connectivity index (χ4v) is 3.06. The highest BCUT2D eigenvalue weighted by molar-refractivity contribution is 5.77. The number of halogens is 3. The van der Waals surface area contributed by atoms with Gasteiger partial charge in [-0.15, -0.1) is 0 Å². The van der Waals surface area contributed by atoms with Crippen molar-refractivity contribution in [1.29, 1.82) is 0 Å². The van der Waals surface area contributed by atoms with Gasteiger partial charge >= 0.3 is 18.2 Å². The molecule has 3 atom stereocenters. The van der Waals surface area contributed by atoms with Crippen LogP contribution in [0, 0.1) is 17.8 Å². The lowest BCUT2D eigenvalue weighted by atomic mass is 9.98. The first-order valence-electron chi connectivity index (χ1n) is 7.03. The molecule has 1 N–H and O–H groups in total. The summed E-state index contributed by atoms with van der Waals surface area (Å²) in [6.07, 6.45) is -3.93. The fraction of sp³-hybridized carbons (Fsp3) is 0.846. The first-order chi connectivity index (χ1) is 9.70. The number of carbonyl (C=O) groups excluding carboxylic acids is 1. The Labute approximate surface area is 120 Å². The van der Waals surface area contributed by atoms with Crippen molar-refractivity contribution in [2.24, 2.45) is 17.8 Å². The van der Waals surface area contributed by atoms with Crippen molar-refractivity contribution in [2.75, 3.05) is 26.2 Å². The Hall–Kier alpha value is -1.47. The van der Waals surface area contributed by atoms with Crippen LogP contribution in [-0.4, -0.2) is 59.3 Å². The highest BCUT2D eigenvalue weighted by Crippen LogP contribution is 2.34. The predicted octanol–water partition coefficient (Wildman–Crippen LogP) is 2.03. The number of rotatable bonds is 1. The monoisotopic (exact) mass is 308 g/mol. The third-order valence-electron chi connectivity index (χ3n) is 4.35. The minimum Gasteiger partial charge on any atom is -0.481 e. The summed E-state index contributed by atoms with van der Waals surface area (Å²) in [5.41, 5.74) is 0. The van der Waals surface area contributed by atoms with E-state index in [2.05, 4.69) is 0 Å². The summed E-state index contributed by atoms with van der Waals surface area (Å²) in [5.74, 6) is -3.28. The van der Waals surface area contributed by atoms with E-state index in [9.17, 15) is 22.8 Å². The van der Waals surface area contributed by atoms with Crippen LogP contribution in [0.25, 0.3) is 0 Å². The molecule has 120 valence electrons. The van der Waals surface area contributed by atoms with Crippen molar-refractivity contribution in [2.45, 2.75) is 25.9 Å². The van der Waals surface area contributed by atoms with Gasteiger partial charge in [-0.1, -0.05) is 6.92 Å². The molecule has 2 amide bonds. The Morgan fingerprint density at radius 2 is 1.81 bits per heavy atom. The van der Waals surface area contributed by atoms with Crippen molar-refractivity contribution in [1.82, 2.24) is 9.80 Å². The minimum atomic E-state index is -4.29. The lowest BCUT2D eigenvalue weighted by Gasteiger charge is -2.36. The van der Waals surface area contributed by atoms with Gasteiger partial charge in [0.25, 0.3) is 0 Å². The first kappa shape index (κ1) is 15.9. The zero-order valence-corrected chi connectivity index (χ0v) is 11.8. The highest BCUT2D eigenvalue weighted by Gasteiger charge is 2.44. The summed E-state index contributed by atoms with van der Waals surface area (Å²) >= 11 is 0. The van der Waals surface area contributed by atoms with Gasteiger partial charge in [0, 0.05) is 26.2 Å². The molecule has 0 aromatic heterocycles. The molecule has 5 nitrogen and oxygen atoms in total. The molecule has 2 saturated heterocycles. The van der Waals surface area contributed by atoms with E-state index in [0.717, 1.165) is 0 Å². The number of nitrogens with zero attached hydrogens (tertiary/aromatic N) is 2. The molecule has 0 radical (unpaired) electrons. The van der Waals surface area contributed by atoms with Crippen molar-refractivity contribution in [3.63, 3.8) is 0 Å². The number of alkyl halides is 3. The van der Waals surface area contributed by atoms with Crippen molar-refractivity contribution < 1.29 is 27.9 Å². The van der Waals surface area contributed by atoms with E-state index in [4.69, 9.17) is 5.11 Å². The SMILES string of the molecule is CC1CN(C(=O)N2CCCC(C(F)(F)F)C2)CC1C(=O)O. The zero-order chi connectivity index (χ0) is 15.8. The molecule has 0 spiro atoms. The van der Waals surface area contributed by atoms with Crippen LogP contribution in [0.5, 0.6) is 0 Å². The summed E-state index contributed by atoms with van der Waals surface area (Å²) in [6, 6.07) is -0.473. The Balaban J connectivity index is 1.99. The van der Waals surface area contributed by atoms with Crippen LogP contribution in [0.3, 0.4) is 0 Å². The molecule has 0 aromatic rings. The van der Waals surface area contributed by atoms with E-state index in [1.807, 2.05) is 0 Å². The maximum Gasteiger partial charge on any atom is 0.393 e. The summed E-state index contributed by atoms with van der Waals surface area (Å²) in [7, 11) is 0. The van der Waals surface area contributed by atoms with Gasteiger partial charge in [-0.25, -0.2) is 4.79 Å². The molecule has 2 aliphatic rings. The number of hydrogen-bond acceptors (Lipinski definition) is 2. The zero-order valence-electron chi connectivity index (χ0n) is 11.8. The summed E-state index contributed by atoms with van der Waals surface area (Å²) < 4.78 is 38.3. The minimum absolute atomic E-state index is 0.0431. The first-order valence-corrected chi connectivity index (χ1v) is 7.03. The van der Waals surface area contributed by atoms with Gasteiger partial charge < -0.3 is 14.9 Å². The number of carboxylic acid groups (broad SMARTS) is 1. The molecule has 2 heterocycles. The number of urea groups is 1. The quantitative estimate of drug-likeness (QED) is 0.806. The molecule has 3 unspecified atom stereocenters. The maximum absolute atomic E-state index is 12.8. The molecular weight excluding hydrogens is 289 g/mol. The molecule has 0 aliphatic carbocycles. The second-order valence-electron chi connectivity index (χ2n) is 5.94. The van der Waals surface area contributed by atoms with Crippen LogP contribution in [-0.2, 0) is 4.79 Å². The largest absolute Gasteiger partial charge is 0.481 e. The van der Waals surface area contributed by atoms with Gasteiger partial charge in [-0.3, -0.25) is 4.79 Å². The highest BCUT2D eigenvalue weighted by atomic mass is 19.4. The van der Waals surface area contributed by atoms with Crippen molar-refractivity contribution in [3.05, 3.63) is 0 Å². The van der Waals surface area contributed by atoms with Gasteiger partial charge in [0.1, 0.15) is 0 Å². The van der Waals surface area contributed by atoms with Crippen LogP contribution in [0.1, 0.15) is 19.8 Å². The Morgan fingerprint density at radius 3 is 2.33 bits per heavy atom. The second-order valence-corrected chi connectivity index (χ2v) is 5.94. The topological polar surface area (TPSA) is 60.9 Å². The van der Waals surface area contributed by atoms with E-state index in [1.165, 1.54) is 9.80 Å². The standard InChI is InChI=1S/C13H19F3N2O3/c1-8-5-18(7-10(8)11(19)20)12(21)17-4-2-3-9(6-17)13(14,15)16/h8-10H,2-7H2,1H3,(H,19,20). The third kappa shape index (κ3) is 3.41. The third-order valence-corrected chi connectivity index (χ3v) is 4.35. The van der Waals surface area contributed by atoms with Crippen LogP contribution in [0.15, 0.2) is 0 Å². The molecule has 21 heavy (non-hydrogen) atoms. The van der Waals surface area contributed by atoms with Crippen molar-refractivity contribution >= 4 is 12.0 Å². The van der Waals surface area contributed by atoms with Crippen LogP contribution < -0.4 is 0 Å². The summed E-state index contributed by atoms with van der Waals surface area (Å²) in [6.45, 7) is 2.06. The average Bonchev–Trinajstić information content (AvgIpc) is 2.79. The number of carboxylic acids is 1. The fourth-order valence-electron chi connectivity index (χ4n) is 3.06. The maximum atomic E-state index is 12.8. The van der Waals surface area contributed by atoms with E-state index >= 15 is 0 Å². The molecule has 8 heteroatoms. The Morgan fingerprint density at radius 1 is 1.14 bits per heavy atom. The number of aliphatic carboxylic acids is 1. The molecule has 2 aliphatic heterocycles. The number of amides is 2. The smallest absolute Gasteiger partial charge is 0.393 e. The molecule has 2 rings (SSSR count). The molecule has 0 bridgehead atoms. The van der Waals surface area contributed by atoms with E-state index < -0.39 is 30.0 Å². The lowest BCUT2D eigenvalue weighted by Crippen LogP contribution is -2.49. The van der Waals surface area contributed by atoms with Gasteiger partial charge in [0.05, 0.1) is 11.8 Å². The van der Waals surface area contributed by atoms with E-state index in [1.54, 1.807) is 6.92 Å². The molecular formula is C13H19F3N2O3. The number of likely N-dealkylation sites (tertiary alicyclic amines) is 2. The van der Waals surface area contributed by atoms with Gasteiger partial charge in [-0.2, -0.15) is 13.2 Å². The van der Waals surface area contributed by atoms with Gasteiger partial charge in [0.15, 0.2) is 0 Å². The van der Waals surface area contributed by atoms with Crippen LogP contribution in [0.4, 0.5) is 18.0 Å². The second kappa shape index (κ2) is 5.73.